The van der Waals surface area contributed by atoms with Crippen LogP contribution in [0.15, 0.2) is 12.1 Å². The molecule has 0 radical (unpaired) electrons. The Morgan fingerprint density at radius 1 is 1.44 bits per heavy atom. The van der Waals surface area contributed by atoms with E-state index in [1.807, 2.05) is 0 Å². The van der Waals surface area contributed by atoms with Gasteiger partial charge >= 0.3 is 0 Å². The average Bonchev–Trinajstić information content (AvgIpc) is 2.20. The van der Waals surface area contributed by atoms with Crippen molar-refractivity contribution >= 4 is 5.78 Å². The smallest absolute Gasteiger partial charge is 0.267 e. The van der Waals surface area contributed by atoms with Crippen LogP contribution in [0, 0.1) is 6.92 Å². The highest BCUT2D eigenvalue weighted by molar-refractivity contribution is 6.00. The molecule has 0 saturated carbocycles. The second kappa shape index (κ2) is 4.57. The van der Waals surface area contributed by atoms with E-state index in [1.54, 1.807) is 0 Å². The third-order valence-electron chi connectivity index (χ3n) is 2.26. The van der Waals surface area contributed by atoms with Crippen LogP contribution < -0.4 is 5.73 Å². The lowest BCUT2D eigenvalue weighted by molar-refractivity contribution is 0.0967. The van der Waals surface area contributed by atoms with Crippen LogP contribution in [0.4, 0.5) is 8.78 Å². The molecule has 1 aromatic carbocycles. The Kier molecular flexibility index (Phi) is 3.59. The molecule has 0 fully saturated rings. The minimum absolute atomic E-state index is 0.0978. The van der Waals surface area contributed by atoms with Crippen molar-refractivity contribution < 1.29 is 18.7 Å². The molecule has 88 valence electrons. The van der Waals surface area contributed by atoms with Gasteiger partial charge in [0.15, 0.2) is 5.78 Å². The zero-order valence-corrected chi connectivity index (χ0v) is 9.00. The molecule has 0 aliphatic heterocycles. The number of hydrogen-bond acceptors (Lipinski definition) is 3. The van der Waals surface area contributed by atoms with Crippen molar-refractivity contribution in [2.24, 2.45) is 5.73 Å². The first-order chi connectivity index (χ1) is 7.34. The lowest BCUT2D eigenvalue weighted by atomic mass is 9.99. The van der Waals surface area contributed by atoms with Gasteiger partial charge in [-0.05, 0) is 31.5 Å². The van der Waals surface area contributed by atoms with Gasteiger partial charge in [-0.1, -0.05) is 0 Å². The number of aryl methyl sites for hydroxylation is 1. The molecule has 3 nitrogen and oxygen atoms in total. The van der Waals surface area contributed by atoms with Crippen LogP contribution in [0.5, 0.6) is 5.75 Å². The Morgan fingerprint density at radius 2 is 2.00 bits per heavy atom. The number of phenols is 1. The normalized spacial score (nSPS) is 12.9. The predicted molar refractivity (Wildman–Crippen MR) is 55.8 cm³/mol. The van der Waals surface area contributed by atoms with Crippen LogP contribution in [0.25, 0.3) is 0 Å². The van der Waals surface area contributed by atoms with Gasteiger partial charge in [0.25, 0.3) is 6.43 Å². The van der Waals surface area contributed by atoms with E-state index in [1.165, 1.54) is 19.9 Å². The number of halogens is 2. The maximum atomic E-state index is 12.5. The van der Waals surface area contributed by atoms with E-state index in [0.717, 1.165) is 6.07 Å². The second-order valence-corrected chi connectivity index (χ2v) is 3.68. The molecule has 3 N–H and O–H groups in total. The van der Waals surface area contributed by atoms with Gasteiger partial charge in [0, 0.05) is 5.56 Å². The van der Waals surface area contributed by atoms with Crippen molar-refractivity contribution in [1.29, 1.82) is 0 Å². The number of ketones is 1. The van der Waals surface area contributed by atoms with Gasteiger partial charge in [-0.3, -0.25) is 4.79 Å². The molecule has 0 spiro atoms. The predicted octanol–water partition coefficient (Wildman–Crippen LogP) is 2.17. The number of carbonyl (C=O) groups excluding carboxylic acids is 1. The van der Waals surface area contributed by atoms with Crippen LogP contribution in [-0.4, -0.2) is 16.9 Å². The number of Topliss-reactive ketones (excluding diaryl/α,β-unsaturated/α-hetero) is 1. The molecule has 0 aliphatic rings. The summed E-state index contributed by atoms with van der Waals surface area (Å²) in [6.45, 7) is 2.94. The van der Waals surface area contributed by atoms with E-state index in [-0.39, 0.29) is 11.1 Å². The fourth-order valence-electron chi connectivity index (χ4n) is 1.38. The molecule has 0 bridgehead atoms. The largest absolute Gasteiger partial charge is 0.507 e. The fraction of sp³-hybridized carbons (Fsp3) is 0.364. The van der Waals surface area contributed by atoms with E-state index in [0.29, 0.717) is 0 Å². The third kappa shape index (κ3) is 2.36. The maximum absolute atomic E-state index is 12.5. The number of hydrogen-bond donors (Lipinski definition) is 2. The van der Waals surface area contributed by atoms with Crippen molar-refractivity contribution in [3.05, 3.63) is 28.8 Å². The number of phenolic OH excluding ortho intramolecular Hbond substituents is 1. The molecule has 0 aliphatic carbocycles. The molecule has 0 saturated heterocycles. The molecule has 1 atom stereocenters. The summed E-state index contributed by atoms with van der Waals surface area (Å²) < 4.78 is 25.1. The van der Waals surface area contributed by atoms with Crippen molar-refractivity contribution in [3.63, 3.8) is 0 Å². The van der Waals surface area contributed by atoms with Gasteiger partial charge in [0.1, 0.15) is 5.75 Å². The molecule has 0 heterocycles. The first kappa shape index (κ1) is 12.6. The maximum Gasteiger partial charge on any atom is 0.267 e. The minimum atomic E-state index is -2.82. The first-order valence-corrected chi connectivity index (χ1v) is 4.76. The second-order valence-electron chi connectivity index (χ2n) is 3.68. The highest BCUT2D eigenvalue weighted by Gasteiger charge is 2.19. The number of carbonyl (C=O) groups is 1. The summed E-state index contributed by atoms with van der Waals surface area (Å²) in [5.41, 5.74) is 5.18. The topological polar surface area (TPSA) is 63.3 Å². The van der Waals surface area contributed by atoms with E-state index in [2.05, 4.69) is 0 Å². The fourth-order valence-corrected chi connectivity index (χ4v) is 1.38. The Labute approximate surface area is 91.9 Å². The number of rotatable bonds is 3. The van der Waals surface area contributed by atoms with Crippen LogP contribution in [0.1, 0.15) is 34.8 Å². The summed E-state index contributed by atoms with van der Waals surface area (Å²) >= 11 is 0. The SMILES string of the molecule is Cc1cc(C(=O)C(C)N)cc(C(F)F)c1O. The number of alkyl halides is 2. The summed E-state index contributed by atoms with van der Waals surface area (Å²) in [4.78, 5) is 11.5. The summed E-state index contributed by atoms with van der Waals surface area (Å²) in [5, 5.41) is 9.39. The molecule has 1 rings (SSSR count). The first-order valence-electron chi connectivity index (χ1n) is 4.76. The molecular weight excluding hydrogens is 216 g/mol. The van der Waals surface area contributed by atoms with Crippen LogP contribution in [0.2, 0.25) is 0 Å². The van der Waals surface area contributed by atoms with Gasteiger partial charge in [-0.25, -0.2) is 8.78 Å². The highest BCUT2D eigenvalue weighted by atomic mass is 19.3. The van der Waals surface area contributed by atoms with Crippen LogP contribution in [-0.2, 0) is 0 Å². The summed E-state index contributed by atoms with van der Waals surface area (Å²) in [6, 6.07) is 1.58. The molecule has 16 heavy (non-hydrogen) atoms. The van der Waals surface area contributed by atoms with Crippen LogP contribution >= 0.6 is 0 Å². The number of nitrogens with two attached hydrogens (primary N) is 1. The zero-order chi connectivity index (χ0) is 12.5. The highest BCUT2D eigenvalue weighted by Crippen LogP contribution is 2.32. The molecule has 5 heteroatoms. The van der Waals surface area contributed by atoms with E-state index >= 15 is 0 Å². The van der Waals surface area contributed by atoms with Gasteiger partial charge < -0.3 is 10.8 Å². The van der Waals surface area contributed by atoms with E-state index in [4.69, 9.17) is 5.73 Å². The lowest BCUT2D eigenvalue weighted by Gasteiger charge is -2.11. The molecular formula is C11H13F2NO2. The molecule has 1 unspecified atom stereocenters. The summed E-state index contributed by atoms with van der Waals surface area (Å²) in [6.07, 6.45) is -2.82. The van der Waals surface area contributed by atoms with Gasteiger partial charge in [0.2, 0.25) is 0 Å². The minimum Gasteiger partial charge on any atom is -0.507 e. The number of aromatic hydroxyl groups is 1. The Hall–Kier alpha value is -1.49. The zero-order valence-electron chi connectivity index (χ0n) is 9.00. The Bertz CT molecular complexity index is 417. The van der Waals surface area contributed by atoms with Crippen molar-refractivity contribution in [1.82, 2.24) is 0 Å². The summed E-state index contributed by atoms with van der Waals surface area (Å²) in [5.74, 6) is -0.902. The number of benzene rings is 1. The average molecular weight is 229 g/mol. The molecule has 0 aromatic heterocycles. The van der Waals surface area contributed by atoms with Crippen molar-refractivity contribution in [2.75, 3.05) is 0 Å². The van der Waals surface area contributed by atoms with Gasteiger partial charge in [0.05, 0.1) is 11.6 Å². The Morgan fingerprint density at radius 3 is 2.44 bits per heavy atom. The quantitative estimate of drug-likeness (QED) is 0.781. The van der Waals surface area contributed by atoms with E-state index < -0.39 is 29.6 Å². The lowest BCUT2D eigenvalue weighted by Crippen LogP contribution is -2.26. The van der Waals surface area contributed by atoms with Gasteiger partial charge in [-0.15, -0.1) is 0 Å². The Balaban J connectivity index is 3.29. The third-order valence-corrected chi connectivity index (χ3v) is 2.26. The van der Waals surface area contributed by atoms with E-state index in [9.17, 15) is 18.7 Å². The van der Waals surface area contributed by atoms with Crippen LogP contribution in [0.3, 0.4) is 0 Å². The standard InChI is InChI=1S/C11H13F2NO2/c1-5-3-7(10(16)6(2)14)4-8(9(5)15)11(12)13/h3-4,6,11,15H,14H2,1-2H3. The van der Waals surface area contributed by atoms with Crippen molar-refractivity contribution in [3.8, 4) is 5.75 Å². The monoisotopic (exact) mass is 229 g/mol. The van der Waals surface area contributed by atoms with Gasteiger partial charge in [-0.2, -0.15) is 0 Å². The summed E-state index contributed by atoms with van der Waals surface area (Å²) in [7, 11) is 0. The van der Waals surface area contributed by atoms with Crippen molar-refractivity contribution in [2.45, 2.75) is 26.3 Å². The molecule has 0 amide bonds. The molecule has 1 aromatic rings.